The molecule has 76 heavy (non-hydrogen) atoms. The molecule has 0 saturated heterocycles. The van der Waals surface area contributed by atoms with Gasteiger partial charge in [-0.2, -0.15) is 0 Å². The molecule has 0 bridgehead atoms. The molecule has 5 N–H and O–H groups in total. The molecule has 2 aliphatic heterocycles. The molecule has 0 spiro atoms. The minimum atomic E-state index is -3.54. The third-order valence-electron chi connectivity index (χ3n) is 13.8. The summed E-state index contributed by atoms with van der Waals surface area (Å²) in [5.41, 5.74) is 2.03. The van der Waals surface area contributed by atoms with Crippen LogP contribution in [0.4, 0.5) is 4.39 Å². The first-order chi connectivity index (χ1) is 36.1. The Morgan fingerprint density at radius 3 is 2.39 bits per heavy atom. The van der Waals surface area contributed by atoms with Crippen molar-refractivity contribution in [2.75, 3.05) is 40.0 Å². The Balaban J connectivity index is 0.913. The monoisotopic (exact) mass is 1070 g/mol. The Hall–Kier alpha value is -7.05. The zero-order valence-corrected chi connectivity index (χ0v) is 44.8. The number of aryl methyl sites for hydroxylation is 3. The van der Waals surface area contributed by atoms with Gasteiger partial charge in [0.05, 0.1) is 41.8 Å². The molecule has 4 amide bonds. The maximum Gasteiger partial charge on any atom is 0.343 e. The molecule has 0 aliphatic carbocycles. The Morgan fingerprint density at radius 1 is 0.947 bits per heavy atom. The number of carbonyl (C=O) groups excluding carboxylic acids is 5. The average molecular weight is 1070 g/mol. The summed E-state index contributed by atoms with van der Waals surface area (Å²) in [7, 11) is 0.336. The molecule has 24 heteroatoms. The highest BCUT2D eigenvalue weighted by atomic mass is 32.2. The van der Waals surface area contributed by atoms with Crippen LogP contribution < -0.4 is 26.8 Å². The van der Waals surface area contributed by atoms with Crippen LogP contribution in [0.2, 0.25) is 0 Å². The summed E-state index contributed by atoms with van der Waals surface area (Å²) >= 11 is 0. The Bertz CT molecular complexity index is 3180. The van der Waals surface area contributed by atoms with E-state index in [4.69, 9.17) is 9.72 Å². The van der Waals surface area contributed by atoms with Crippen molar-refractivity contribution < 1.29 is 46.6 Å². The number of nitrogens with one attached hydrogen (secondary N) is 4. The van der Waals surface area contributed by atoms with Crippen LogP contribution in [0, 0.1) is 18.7 Å². The van der Waals surface area contributed by atoms with E-state index in [0.29, 0.717) is 90.6 Å². The molecular weight excluding hydrogens is 1000 g/mol. The van der Waals surface area contributed by atoms with E-state index < -0.39 is 62.6 Å². The van der Waals surface area contributed by atoms with Crippen LogP contribution in [0.3, 0.4) is 0 Å². The molecule has 7 rings (SSSR count). The molecule has 3 atom stereocenters. The molecule has 0 fully saturated rings. The first-order valence-corrected chi connectivity index (χ1v) is 27.5. The van der Waals surface area contributed by atoms with Gasteiger partial charge in [0.15, 0.2) is 5.60 Å². The van der Waals surface area contributed by atoms with Crippen molar-refractivity contribution in [1.82, 2.24) is 60.7 Å². The van der Waals surface area contributed by atoms with Crippen LogP contribution in [0.5, 0.6) is 0 Å². The number of carbonyl (C=O) groups is 5. The number of hydrogen-bond donors (Lipinski definition) is 5. The van der Waals surface area contributed by atoms with Crippen LogP contribution in [0.15, 0.2) is 46.7 Å². The summed E-state index contributed by atoms with van der Waals surface area (Å²) in [6, 6.07) is 2.74. The number of cyclic esters (lactones) is 1. The molecule has 0 radical (unpaired) electrons. The number of sulfone groups is 1. The lowest BCUT2D eigenvalue weighted by Crippen LogP contribution is -2.56. The number of aliphatic hydroxyl groups is 1. The normalized spacial score (nSPS) is 15.7. The summed E-state index contributed by atoms with van der Waals surface area (Å²) in [6.07, 6.45) is 9.96. The highest BCUT2D eigenvalue weighted by molar-refractivity contribution is 7.90. The lowest BCUT2D eigenvalue weighted by Gasteiger charge is -2.31. The number of halogens is 1. The molecule has 0 unspecified atom stereocenters. The second-order valence-electron chi connectivity index (χ2n) is 20.2. The number of rotatable bonds is 25. The number of amides is 4. The van der Waals surface area contributed by atoms with E-state index in [2.05, 4.69) is 41.5 Å². The fourth-order valence-corrected chi connectivity index (χ4v) is 9.92. The summed E-state index contributed by atoms with van der Waals surface area (Å²) in [6.45, 7) is 7.83. The van der Waals surface area contributed by atoms with Gasteiger partial charge in [-0.3, -0.25) is 28.7 Å². The molecule has 408 valence electrons. The van der Waals surface area contributed by atoms with Gasteiger partial charge < -0.3 is 40.6 Å². The number of esters is 1. The van der Waals surface area contributed by atoms with Crippen molar-refractivity contribution in [1.29, 1.82) is 0 Å². The molecule has 2 aliphatic rings. The summed E-state index contributed by atoms with van der Waals surface area (Å²) < 4.78 is 46.7. The first-order valence-electron chi connectivity index (χ1n) is 25.6. The Labute approximate surface area is 439 Å². The smallest absolute Gasteiger partial charge is 0.343 e. The second kappa shape index (κ2) is 24.3. The van der Waals surface area contributed by atoms with E-state index in [1.54, 1.807) is 50.7 Å². The van der Waals surface area contributed by atoms with E-state index in [1.165, 1.54) is 23.0 Å². The van der Waals surface area contributed by atoms with Crippen molar-refractivity contribution in [3.8, 4) is 22.6 Å². The lowest BCUT2D eigenvalue weighted by atomic mass is 9.86. The summed E-state index contributed by atoms with van der Waals surface area (Å²) in [5.74, 6) is -3.47. The average Bonchev–Trinajstić information content (AvgIpc) is 4.06. The number of aromatic nitrogens is 7. The van der Waals surface area contributed by atoms with Gasteiger partial charge in [-0.05, 0) is 108 Å². The molecule has 1 aromatic carbocycles. The lowest BCUT2D eigenvalue weighted by molar-refractivity contribution is -0.172. The Morgan fingerprint density at radius 2 is 1.70 bits per heavy atom. The van der Waals surface area contributed by atoms with Crippen LogP contribution in [0.1, 0.15) is 106 Å². The fraction of sp³-hybridized carbons (Fsp3) is 0.519. The van der Waals surface area contributed by atoms with Gasteiger partial charge in [-0.1, -0.05) is 32.4 Å². The predicted octanol–water partition coefficient (Wildman–Crippen LogP) is 2.76. The van der Waals surface area contributed by atoms with Crippen LogP contribution in [-0.2, 0) is 70.3 Å². The summed E-state index contributed by atoms with van der Waals surface area (Å²) in [5, 5.41) is 31.2. The second-order valence-corrected chi connectivity index (χ2v) is 22.1. The maximum absolute atomic E-state index is 15.0. The number of ether oxygens (including phenoxy) is 1. The van der Waals surface area contributed by atoms with Crippen LogP contribution in [-0.4, -0.2) is 135 Å². The van der Waals surface area contributed by atoms with Crippen molar-refractivity contribution in [3.63, 3.8) is 0 Å². The molecule has 6 heterocycles. The van der Waals surface area contributed by atoms with Gasteiger partial charge in [-0.25, -0.2) is 32.6 Å². The van der Waals surface area contributed by atoms with Gasteiger partial charge in [0.2, 0.25) is 38.6 Å². The molecule has 0 saturated carbocycles. The van der Waals surface area contributed by atoms with Gasteiger partial charge >= 0.3 is 5.97 Å². The number of hydrogen-bond acceptors (Lipinski definition) is 16. The topological polar surface area (TPSA) is 292 Å². The van der Waals surface area contributed by atoms with E-state index in [9.17, 15) is 42.3 Å². The Kier molecular flexibility index (Phi) is 18.1. The third kappa shape index (κ3) is 13.1. The third-order valence-corrected chi connectivity index (χ3v) is 14.6. The SMILES string of the molecule is CC[C@@]1(O)C(=O)OCc2c1cc1n(c2=O)Cc2c-1nc1cc(F)c(C)cc1c2CCCNC(=O)CNC(=O)[C@H](CCCCN(C)C)NC(=O)[C@@H](NC(=O)CCCCCn1cc(-c2cnc(S(C)(=O)=O)nc2)nn1)C(C)C. The number of benzene rings is 1. The van der Waals surface area contributed by atoms with Crippen molar-refractivity contribution >= 4 is 50.3 Å². The van der Waals surface area contributed by atoms with E-state index in [0.717, 1.165) is 30.3 Å². The van der Waals surface area contributed by atoms with E-state index >= 15 is 4.39 Å². The minimum absolute atomic E-state index is 0.0186. The largest absolute Gasteiger partial charge is 0.458 e. The summed E-state index contributed by atoms with van der Waals surface area (Å²) in [4.78, 5) is 95.0. The van der Waals surface area contributed by atoms with Crippen molar-refractivity contribution in [3.05, 3.63) is 80.8 Å². The fourth-order valence-electron chi connectivity index (χ4n) is 9.43. The zero-order chi connectivity index (χ0) is 55.1. The van der Waals surface area contributed by atoms with Gasteiger partial charge in [0.1, 0.15) is 30.2 Å². The van der Waals surface area contributed by atoms with E-state index in [1.807, 2.05) is 19.0 Å². The number of fused-ring (bicyclic) bond motifs is 5. The minimum Gasteiger partial charge on any atom is -0.458 e. The molecule has 5 aromatic rings. The first kappa shape index (κ1) is 56.7. The zero-order valence-electron chi connectivity index (χ0n) is 44.0. The molecule has 22 nitrogen and oxygen atoms in total. The van der Waals surface area contributed by atoms with Gasteiger partial charge in [0, 0.05) is 66.3 Å². The predicted molar refractivity (Wildman–Crippen MR) is 277 cm³/mol. The quantitative estimate of drug-likeness (QED) is 0.0313. The maximum atomic E-state index is 15.0. The molecular formula is C52H67FN12O10S. The standard InChI is InChI=1S/C52H67FN12O10S/c1-8-52(72)37-22-42-46-35(27-65(42)49(70)36(37)29-75-50(52)71)33(34-21-31(4)38(53)23-40(34)58-46)15-14-18-54-44(67)26-55-47(68)39(16-11-13-19-63(5)6)59-48(69)45(30(2)3)60-43(66)17-10-9-12-20-64-28-41(61-62-64)32-24-56-51(57-25-32)76(7,73)74/h21-25,28,30,39,45,72H,8-20,26-27,29H2,1-7H3,(H,54,67)(H,55,68)(H,59,69)(H,60,66)/t39-,45-,52-/m0/s1. The van der Waals surface area contributed by atoms with Gasteiger partial charge in [-0.15, -0.1) is 5.10 Å². The van der Waals surface area contributed by atoms with Crippen LogP contribution >= 0.6 is 0 Å². The number of pyridine rings is 2. The highest BCUT2D eigenvalue weighted by Gasteiger charge is 2.45. The number of nitrogens with zero attached hydrogens (tertiary/aromatic N) is 8. The van der Waals surface area contributed by atoms with Gasteiger partial charge in [0.25, 0.3) is 5.56 Å². The number of unbranched alkanes of at least 4 members (excludes halogenated alkanes) is 3. The van der Waals surface area contributed by atoms with E-state index in [-0.39, 0.29) is 67.2 Å². The van der Waals surface area contributed by atoms with Crippen molar-refractivity contribution in [2.45, 2.75) is 134 Å². The highest BCUT2D eigenvalue weighted by Crippen LogP contribution is 2.41. The van der Waals surface area contributed by atoms with Crippen molar-refractivity contribution in [2.24, 2.45) is 5.92 Å². The van der Waals surface area contributed by atoms with Crippen LogP contribution in [0.25, 0.3) is 33.5 Å². The molecule has 4 aromatic heterocycles.